The molecule has 0 unspecified atom stereocenters. The number of nitrogens with zero attached hydrogens (tertiary/aromatic N) is 1. The smallest absolute Gasteiger partial charge is 0.119 e. The highest BCUT2D eigenvalue weighted by Gasteiger charge is 2.07. The molecule has 0 fully saturated rings. The van der Waals surface area contributed by atoms with E-state index in [1.54, 1.807) is 6.20 Å². The van der Waals surface area contributed by atoms with E-state index in [9.17, 15) is 0 Å². The minimum absolute atomic E-state index is 0.536. The lowest BCUT2D eigenvalue weighted by molar-refractivity contribution is 1.06. The molecule has 0 aliphatic rings. The number of rotatable bonds is 3. The Morgan fingerprint density at radius 1 is 1.35 bits per heavy atom. The summed E-state index contributed by atoms with van der Waals surface area (Å²) in [5.74, 6) is 0. The van der Waals surface area contributed by atoms with E-state index in [0.717, 1.165) is 20.0 Å². The lowest BCUT2D eigenvalue weighted by Gasteiger charge is -2.06. The number of nitrogens with two attached hydrogens (primary N) is 1. The zero-order valence-electron chi connectivity index (χ0n) is 8.86. The van der Waals surface area contributed by atoms with Crippen molar-refractivity contribution in [2.24, 2.45) is 5.73 Å². The summed E-state index contributed by atoms with van der Waals surface area (Å²) in [7, 11) is 0. The van der Waals surface area contributed by atoms with E-state index in [1.165, 1.54) is 11.8 Å². The summed E-state index contributed by atoms with van der Waals surface area (Å²) in [6.07, 6.45) is 1.73. The van der Waals surface area contributed by atoms with Crippen molar-refractivity contribution in [3.05, 3.63) is 51.6 Å². The first-order chi connectivity index (χ1) is 8.20. The summed E-state index contributed by atoms with van der Waals surface area (Å²) in [5, 5.41) is 1.46. The van der Waals surface area contributed by atoms with Crippen molar-refractivity contribution in [2.45, 2.75) is 16.5 Å². The van der Waals surface area contributed by atoms with E-state index in [4.69, 9.17) is 17.3 Å². The highest BCUT2D eigenvalue weighted by Crippen LogP contribution is 2.35. The fraction of sp³-hybridized carbons (Fsp3) is 0.0833. The van der Waals surface area contributed by atoms with Gasteiger partial charge in [-0.05, 0) is 45.8 Å². The van der Waals surface area contributed by atoms with E-state index in [-0.39, 0.29) is 0 Å². The van der Waals surface area contributed by atoms with E-state index in [0.29, 0.717) is 11.6 Å². The quantitative estimate of drug-likeness (QED) is 0.921. The van der Waals surface area contributed by atoms with Gasteiger partial charge in [-0.15, -0.1) is 0 Å². The Labute approximate surface area is 118 Å². The normalized spacial score (nSPS) is 10.5. The van der Waals surface area contributed by atoms with Crippen molar-refractivity contribution in [1.82, 2.24) is 4.98 Å². The number of benzene rings is 1. The number of hydrogen-bond acceptors (Lipinski definition) is 3. The van der Waals surface area contributed by atoms with Gasteiger partial charge in [0.2, 0.25) is 0 Å². The van der Waals surface area contributed by atoms with Crippen molar-refractivity contribution in [1.29, 1.82) is 0 Å². The Morgan fingerprint density at radius 3 is 2.82 bits per heavy atom. The molecule has 88 valence electrons. The van der Waals surface area contributed by atoms with Gasteiger partial charge in [-0.25, -0.2) is 4.98 Å². The average Bonchev–Trinajstić information content (AvgIpc) is 2.34. The molecule has 1 aromatic heterocycles. The van der Waals surface area contributed by atoms with Crippen LogP contribution in [-0.2, 0) is 6.54 Å². The Balaban J connectivity index is 2.28. The maximum absolute atomic E-state index is 6.07. The molecule has 2 aromatic rings. The minimum atomic E-state index is 0.536. The Bertz CT molecular complexity index is 534. The summed E-state index contributed by atoms with van der Waals surface area (Å²) < 4.78 is 1.01. The van der Waals surface area contributed by atoms with Gasteiger partial charge < -0.3 is 5.73 Å². The second-order valence-electron chi connectivity index (χ2n) is 3.36. The van der Waals surface area contributed by atoms with Crippen LogP contribution in [0.2, 0.25) is 5.02 Å². The van der Waals surface area contributed by atoms with E-state index < -0.39 is 0 Å². The van der Waals surface area contributed by atoms with Crippen LogP contribution in [0.1, 0.15) is 5.56 Å². The molecule has 0 saturated carbocycles. The Hall–Kier alpha value is -0.550. The molecular formula is C12H10BrClN2S. The molecule has 0 aliphatic carbocycles. The molecular weight excluding hydrogens is 320 g/mol. The van der Waals surface area contributed by atoms with E-state index in [1.807, 2.05) is 30.3 Å². The fourth-order valence-electron chi connectivity index (χ4n) is 1.30. The van der Waals surface area contributed by atoms with Gasteiger partial charge in [-0.1, -0.05) is 29.4 Å². The standard InChI is InChI=1S/C12H10BrClN2S/c13-9-6-8(7-15)3-4-11(9)17-12-10(14)2-1-5-16-12/h1-6H,7,15H2. The van der Waals surface area contributed by atoms with Crippen molar-refractivity contribution in [3.8, 4) is 0 Å². The fourth-order valence-corrected chi connectivity index (χ4v) is 2.99. The summed E-state index contributed by atoms with van der Waals surface area (Å²) in [4.78, 5) is 5.31. The van der Waals surface area contributed by atoms with E-state index >= 15 is 0 Å². The van der Waals surface area contributed by atoms with Crippen molar-refractivity contribution >= 4 is 39.3 Å². The first-order valence-corrected chi connectivity index (χ1v) is 6.96. The van der Waals surface area contributed by atoms with Gasteiger partial charge in [0.15, 0.2) is 0 Å². The molecule has 1 heterocycles. The lowest BCUT2D eigenvalue weighted by atomic mass is 10.2. The predicted molar refractivity (Wildman–Crippen MR) is 75.4 cm³/mol. The highest BCUT2D eigenvalue weighted by molar-refractivity contribution is 9.10. The van der Waals surface area contributed by atoms with Gasteiger partial charge in [0.25, 0.3) is 0 Å². The topological polar surface area (TPSA) is 38.9 Å². The zero-order chi connectivity index (χ0) is 12.3. The molecule has 2 rings (SSSR count). The lowest BCUT2D eigenvalue weighted by Crippen LogP contribution is -1.95. The molecule has 0 amide bonds. The monoisotopic (exact) mass is 328 g/mol. The third-order valence-corrected chi connectivity index (χ3v) is 4.59. The zero-order valence-corrected chi connectivity index (χ0v) is 12.0. The predicted octanol–water partition coefficient (Wildman–Crippen LogP) is 4.11. The van der Waals surface area contributed by atoms with Crippen LogP contribution in [0.3, 0.4) is 0 Å². The van der Waals surface area contributed by atoms with Crippen molar-refractivity contribution in [2.75, 3.05) is 0 Å². The SMILES string of the molecule is NCc1ccc(Sc2ncccc2Cl)c(Br)c1. The molecule has 2 N–H and O–H groups in total. The second-order valence-corrected chi connectivity index (χ2v) is 5.65. The Morgan fingerprint density at radius 2 is 2.18 bits per heavy atom. The Kier molecular flexibility index (Phi) is 4.45. The summed E-state index contributed by atoms with van der Waals surface area (Å²) in [5.41, 5.74) is 6.68. The van der Waals surface area contributed by atoms with Gasteiger partial charge in [0, 0.05) is 22.1 Å². The number of halogens is 2. The molecule has 5 heteroatoms. The van der Waals surface area contributed by atoms with Crippen LogP contribution in [0.4, 0.5) is 0 Å². The molecule has 0 spiro atoms. The minimum Gasteiger partial charge on any atom is -0.326 e. The van der Waals surface area contributed by atoms with Gasteiger partial charge >= 0.3 is 0 Å². The first kappa shape index (κ1) is 12.9. The third-order valence-electron chi connectivity index (χ3n) is 2.16. The number of hydrogen-bond donors (Lipinski definition) is 1. The van der Waals surface area contributed by atoms with Gasteiger partial charge in [0.1, 0.15) is 5.03 Å². The summed E-state index contributed by atoms with van der Waals surface area (Å²) in [6, 6.07) is 9.68. The molecule has 17 heavy (non-hydrogen) atoms. The van der Waals surface area contributed by atoms with Crippen molar-refractivity contribution < 1.29 is 0 Å². The first-order valence-electron chi connectivity index (χ1n) is 4.97. The van der Waals surface area contributed by atoms with Gasteiger partial charge in [-0.3, -0.25) is 0 Å². The molecule has 0 saturated heterocycles. The molecule has 0 bridgehead atoms. The maximum Gasteiger partial charge on any atom is 0.119 e. The van der Waals surface area contributed by atoms with Crippen LogP contribution >= 0.6 is 39.3 Å². The van der Waals surface area contributed by atoms with Crippen molar-refractivity contribution in [3.63, 3.8) is 0 Å². The van der Waals surface area contributed by atoms with Crippen LogP contribution in [0, 0.1) is 0 Å². The number of aromatic nitrogens is 1. The molecule has 0 aliphatic heterocycles. The maximum atomic E-state index is 6.07. The van der Waals surface area contributed by atoms with Crippen LogP contribution in [0.15, 0.2) is 50.9 Å². The van der Waals surface area contributed by atoms with E-state index in [2.05, 4.69) is 20.9 Å². The summed E-state index contributed by atoms with van der Waals surface area (Å²) in [6.45, 7) is 0.536. The third kappa shape index (κ3) is 3.22. The molecule has 0 atom stereocenters. The summed E-state index contributed by atoms with van der Waals surface area (Å²) >= 11 is 11.1. The highest BCUT2D eigenvalue weighted by atomic mass is 79.9. The molecule has 1 aromatic carbocycles. The second kappa shape index (κ2) is 5.87. The van der Waals surface area contributed by atoms with Gasteiger partial charge in [0.05, 0.1) is 5.02 Å². The number of pyridine rings is 1. The largest absolute Gasteiger partial charge is 0.326 e. The average molecular weight is 330 g/mol. The van der Waals surface area contributed by atoms with Crippen LogP contribution in [-0.4, -0.2) is 4.98 Å². The molecule has 0 radical (unpaired) electrons. The van der Waals surface area contributed by atoms with Crippen LogP contribution in [0.5, 0.6) is 0 Å². The molecule has 2 nitrogen and oxygen atoms in total. The van der Waals surface area contributed by atoms with Gasteiger partial charge in [-0.2, -0.15) is 0 Å². The van der Waals surface area contributed by atoms with Crippen LogP contribution < -0.4 is 5.73 Å². The van der Waals surface area contributed by atoms with Crippen LogP contribution in [0.25, 0.3) is 0 Å².